The van der Waals surface area contributed by atoms with Gasteiger partial charge in [-0.1, -0.05) is 6.42 Å². The third kappa shape index (κ3) is 2.09. The van der Waals surface area contributed by atoms with Crippen molar-refractivity contribution in [2.45, 2.75) is 56.7 Å². The number of nitrogens with one attached hydrogen (secondary N) is 1. The molecule has 3 heteroatoms. The molecule has 0 saturated carbocycles. The van der Waals surface area contributed by atoms with E-state index in [4.69, 9.17) is 0 Å². The summed E-state index contributed by atoms with van der Waals surface area (Å²) in [4.78, 5) is 4.21. The molecule has 2 unspecified atom stereocenters. The Kier molecular flexibility index (Phi) is 2.68. The maximum atomic E-state index is 10.9. The van der Waals surface area contributed by atoms with Crippen LogP contribution in [0, 0.1) is 6.92 Å². The molecule has 2 atom stereocenters. The van der Waals surface area contributed by atoms with Crippen LogP contribution in [0.1, 0.15) is 43.4 Å². The molecule has 2 N–H and O–H groups in total. The monoisotopic (exact) mass is 232 g/mol. The summed E-state index contributed by atoms with van der Waals surface area (Å²) in [5, 5.41) is 14.5. The minimum atomic E-state index is -0.644. The van der Waals surface area contributed by atoms with Gasteiger partial charge < -0.3 is 10.4 Å². The highest BCUT2D eigenvalue weighted by Crippen LogP contribution is 2.39. The number of piperidine rings is 2. The van der Waals surface area contributed by atoms with Gasteiger partial charge in [-0.15, -0.1) is 0 Å². The van der Waals surface area contributed by atoms with E-state index in [2.05, 4.69) is 10.3 Å². The third-order valence-corrected chi connectivity index (χ3v) is 4.18. The number of pyridine rings is 1. The van der Waals surface area contributed by atoms with E-state index in [1.54, 1.807) is 6.20 Å². The lowest BCUT2D eigenvalue weighted by molar-refractivity contribution is -0.0359. The van der Waals surface area contributed by atoms with Crippen LogP contribution in [0.4, 0.5) is 0 Å². The lowest BCUT2D eigenvalue weighted by Crippen LogP contribution is -2.54. The van der Waals surface area contributed by atoms with Gasteiger partial charge in [0, 0.05) is 24.0 Å². The SMILES string of the molecule is Cc1cc(C2(O)CC3CCCC(C2)N3)ccn1. The van der Waals surface area contributed by atoms with Crippen molar-refractivity contribution in [1.29, 1.82) is 0 Å². The maximum absolute atomic E-state index is 10.9. The Morgan fingerprint density at radius 2 is 2.06 bits per heavy atom. The molecule has 0 radical (unpaired) electrons. The molecule has 0 amide bonds. The molecule has 92 valence electrons. The van der Waals surface area contributed by atoms with Crippen LogP contribution in [0.5, 0.6) is 0 Å². The largest absolute Gasteiger partial charge is 0.385 e. The first-order valence-corrected chi connectivity index (χ1v) is 6.57. The van der Waals surface area contributed by atoms with E-state index >= 15 is 0 Å². The predicted octanol–water partition coefficient (Wildman–Crippen LogP) is 1.88. The third-order valence-electron chi connectivity index (χ3n) is 4.18. The minimum Gasteiger partial charge on any atom is -0.385 e. The second-order valence-electron chi connectivity index (χ2n) is 5.62. The number of fused-ring (bicyclic) bond motifs is 2. The summed E-state index contributed by atoms with van der Waals surface area (Å²) in [6.45, 7) is 1.98. The van der Waals surface area contributed by atoms with Crippen LogP contribution < -0.4 is 5.32 Å². The zero-order chi connectivity index (χ0) is 11.9. The minimum absolute atomic E-state index is 0.487. The highest BCUT2D eigenvalue weighted by molar-refractivity contribution is 5.24. The van der Waals surface area contributed by atoms with Crippen molar-refractivity contribution < 1.29 is 5.11 Å². The van der Waals surface area contributed by atoms with Gasteiger partial charge in [-0.25, -0.2) is 0 Å². The van der Waals surface area contributed by atoms with Crippen LogP contribution in [0.15, 0.2) is 18.3 Å². The van der Waals surface area contributed by atoms with Crippen LogP contribution in [-0.4, -0.2) is 22.2 Å². The van der Waals surface area contributed by atoms with E-state index in [0.717, 1.165) is 24.1 Å². The lowest BCUT2D eigenvalue weighted by atomic mass is 9.74. The van der Waals surface area contributed by atoms with Crippen LogP contribution in [-0.2, 0) is 5.60 Å². The maximum Gasteiger partial charge on any atom is 0.0927 e. The Morgan fingerprint density at radius 1 is 1.35 bits per heavy atom. The van der Waals surface area contributed by atoms with E-state index in [0.29, 0.717) is 12.1 Å². The average Bonchev–Trinajstić information content (AvgIpc) is 2.28. The molecule has 1 aromatic rings. The predicted molar refractivity (Wildman–Crippen MR) is 66.7 cm³/mol. The molecular formula is C14H20N2O. The zero-order valence-electron chi connectivity index (χ0n) is 10.3. The van der Waals surface area contributed by atoms with Gasteiger partial charge >= 0.3 is 0 Å². The van der Waals surface area contributed by atoms with Gasteiger partial charge in [0.15, 0.2) is 0 Å². The number of hydrogen-bond donors (Lipinski definition) is 2. The first kappa shape index (κ1) is 11.2. The summed E-state index contributed by atoms with van der Waals surface area (Å²) in [7, 11) is 0. The summed E-state index contributed by atoms with van der Waals surface area (Å²) in [5.41, 5.74) is 1.39. The fourth-order valence-corrected chi connectivity index (χ4v) is 3.40. The van der Waals surface area contributed by atoms with Gasteiger partial charge in [0.05, 0.1) is 5.60 Å². The quantitative estimate of drug-likeness (QED) is 0.777. The van der Waals surface area contributed by atoms with Crippen LogP contribution in [0.2, 0.25) is 0 Å². The molecule has 2 aliphatic rings. The second-order valence-corrected chi connectivity index (χ2v) is 5.62. The standard InChI is InChI=1S/C14H20N2O/c1-10-7-11(5-6-15-10)14(17)8-12-3-2-4-13(9-14)16-12/h5-7,12-13,16-17H,2-4,8-9H2,1H3. The fraction of sp³-hybridized carbons (Fsp3) is 0.643. The van der Waals surface area contributed by atoms with E-state index in [9.17, 15) is 5.11 Å². The van der Waals surface area contributed by atoms with Crippen LogP contribution in [0.3, 0.4) is 0 Å². The Hall–Kier alpha value is -0.930. The Labute approximate surface area is 102 Å². The average molecular weight is 232 g/mol. The van der Waals surface area contributed by atoms with Crippen LogP contribution in [0.25, 0.3) is 0 Å². The van der Waals surface area contributed by atoms with E-state index in [1.807, 2.05) is 19.1 Å². The highest BCUT2D eigenvalue weighted by atomic mass is 16.3. The molecule has 0 aromatic carbocycles. The van der Waals surface area contributed by atoms with Crippen molar-refractivity contribution >= 4 is 0 Å². The summed E-state index contributed by atoms with van der Waals surface area (Å²) in [6.07, 6.45) is 7.18. The van der Waals surface area contributed by atoms with Gasteiger partial charge in [-0.2, -0.15) is 0 Å². The Morgan fingerprint density at radius 3 is 2.71 bits per heavy atom. The topological polar surface area (TPSA) is 45.1 Å². The van der Waals surface area contributed by atoms with Crippen molar-refractivity contribution in [3.05, 3.63) is 29.6 Å². The molecule has 1 aromatic heterocycles. The van der Waals surface area contributed by atoms with Crippen molar-refractivity contribution in [1.82, 2.24) is 10.3 Å². The molecule has 3 rings (SSSR count). The van der Waals surface area contributed by atoms with E-state index in [-0.39, 0.29) is 0 Å². The summed E-state index contributed by atoms with van der Waals surface area (Å²) < 4.78 is 0. The molecule has 2 aliphatic heterocycles. The zero-order valence-corrected chi connectivity index (χ0v) is 10.3. The molecule has 0 spiro atoms. The molecule has 17 heavy (non-hydrogen) atoms. The van der Waals surface area contributed by atoms with Crippen molar-refractivity contribution in [3.8, 4) is 0 Å². The first-order valence-electron chi connectivity index (χ1n) is 6.57. The number of nitrogens with zero attached hydrogens (tertiary/aromatic N) is 1. The molecule has 0 aliphatic carbocycles. The summed E-state index contributed by atoms with van der Waals surface area (Å²) in [5.74, 6) is 0. The number of aryl methyl sites for hydroxylation is 1. The van der Waals surface area contributed by atoms with Crippen LogP contribution >= 0.6 is 0 Å². The number of aromatic nitrogens is 1. The smallest absolute Gasteiger partial charge is 0.0927 e. The van der Waals surface area contributed by atoms with Crippen molar-refractivity contribution in [2.24, 2.45) is 0 Å². The number of rotatable bonds is 1. The molecular weight excluding hydrogens is 212 g/mol. The molecule has 3 heterocycles. The molecule has 2 bridgehead atoms. The lowest BCUT2D eigenvalue weighted by Gasteiger charge is -2.45. The van der Waals surface area contributed by atoms with E-state index < -0.39 is 5.60 Å². The number of hydrogen-bond acceptors (Lipinski definition) is 3. The summed E-state index contributed by atoms with van der Waals surface area (Å²) >= 11 is 0. The van der Waals surface area contributed by atoms with Gasteiger partial charge in [0.25, 0.3) is 0 Å². The van der Waals surface area contributed by atoms with Gasteiger partial charge in [0.2, 0.25) is 0 Å². The fourth-order valence-electron chi connectivity index (χ4n) is 3.40. The molecule has 3 nitrogen and oxygen atoms in total. The molecule has 2 saturated heterocycles. The number of aliphatic hydroxyl groups is 1. The molecule has 2 fully saturated rings. The van der Waals surface area contributed by atoms with Gasteiger partial charge in [-0.05, 0) is 50.3 Å². The van der Waals surface area contributed by atoms with Crippen molar-refractivity contribution in [2.75, 3.05) is 0 Å². The highest BCUT2D eigenvalue weighted by Gasteiger charge is 2.41. The van der Waals surface area contributed by atoms with Crippen molar-refractivity contribution in [3.63, 3.8) is 0 Å². The Balaban J connectivity index is 1.90. The Bertz CT molecular complexity index is 406. The van der Waals surface area contributed by atoms with Gasteiger partial charge in [-0.3, -0.25) is 4.98 Å². The summed E-state index contributed by atoms with van der Waals surface area (Å²) in [6, 6.07) is 4.97. The second kappa shape index (κ2) is 4.07. The first-order chi connectivity index (χ1) is 8.16. The van der Waals surface area contributed by atoms with Gasteiger partial charge in [0.1, 0.15) is 0 Å². The van der Waals surface area contributed by atoms with E-state index in [1.165, 1.54) is 19.3 Å². The normalized spacial score (nSPS) is 36.8.